The van der Waals surface area contributed by atoms with Gasteiger partial charge in [0.1, 0.15) is 12.2 Å². The van der Waals surface area contributed by atoms with Crippen LogP contribution in [0.1, 0.15) is 25.3 Å². The summed E-state index contributed by atoms with van der Waals surface area (Å²) in [5.41, 5.74) is 0.0282. The van der Waals surface area contributed by atoms with Gasteiger partial charge in [-0.3, -0.25) is 24.5 Å². The Hall–Kier alpha value is -2.57. The first-order valence-electron chi connectivity index (χ1n) is 6.36. The van der Waals surface area contributed by atoms with Gasteiger partial charge in [-0.1, -0.05) is 25.1 Å². The molecule has 21 heavy (non-hydrogen) atoms. The third-order valence-electron chi connectivity index (χ3n) is 3.06. The van der Waals surface area contributed by atoms with Crippen molar-refractivity contribution in [1.82, 2.24) is 0 Å². The summed E-state index contributed by atoms with van der Waals surface area (Å²) in [5, 5.41) is 19.5. The van der Waals surface area contributed by atoms with Crippen molar-refractivity contribution in [2.75, 3.05) is 0 Å². The van der Waals surface area contributed by atoms with Gasteiger partial charge in [0, 0.05) is 18.1 Å². The van der Waals surface area contributed by atoms with Crippen LogP contribution in [0.25, 0.3) is 0 Å². The normalized spacial score (nSPS) is 11.7. The second kappa shape index (κ2) is 7.28. The van der Waals surface area contributed by atoms with E-state index in [1.807, 2.05) is 0 Å². The molecular weight excluding hydrogens is 278 g/mol. The van der Waals surface area contributed by atoms with Crippen molar-refractivity contribution in [2.45, 2.75) is 26.2 Å². The molecule has 0 fully saturated rings. The Kier molecular flexibility index (Phi) is 5.71. The minimum atomic E-state index is -1.29. The minimum absolute atomic E-state index is 0.172. The zero-order valence-corrected chi connectivity index (χ0v) is 11.4. The standard InChI is InChI=1S/C14H15NO6/c1-2-10(13(17)8-14(18)19)12(16)7-9-5-3-4-6-11(9)15(20)21/h3-6,10H,2,7-8H2,1H3,(H,18,19). The molecule has 1 unspecified atom stereocenters. The van der Waals surface area contributed by atoms with E-state index in [1.54, 1.807) is 13.0 Å². The van der Waals surface area contributed by atoms with Crippen molar-refractivity contribution in [3.63, 3.8) is 0 Å². The molecule has 112 valence electrons. The second-order valence-electron chi connectivity index (χ2n) is 4.53. The zero-order valence-electron chi connectivity index (χ0n) is 11.4. The zero-order chi connectivity index (χ0) is 16.0. The molecule has 0 heterocycles. The van der Waals surface area contributed by atoms with Crippen molar-refractivity contribution < 1.29 is 24.4 Å². The lowest BCUT2D eigenvalue weighted by Gasteiger charge is -2.11. The number of carbonyl (C=O) groups excluding carboxylic acids is 2. The quantitative estimate of drug-likeness (QED) is 0.444. The fourth-order valence-electron chi connectivity index (χ4n) is 2.06. The van der Waals surface area contributed by atoms with Gasteiger partial charge in [-0.2, -0.15) is 0 Å². The van der Waals surface area contributed by atoms with Gasteiger partial charge in [-0.15, -0.1) is 0 Å². The van der Waals surface area contributed by atoms with Crippen LogP contribution in [-0.2, 0) is 20.8 Å². The summed E-state index contributed by atoms with van der Waals surface area (Å²) in [5.74, 6) is -3.51. The van der Waals surface area contributed by atoms with Gasteiger partial charge >= 0.3 is 5.97 Å². The molecule has 0 spiro atoms. The third-order valence-corrected chi connectivity index (χ3v) is 3.06. The van der Waals surface area contributed by atoms with E-state index in [2.05, 4.69) is 0 Å². The molecule has 0 radical (unpaired) electrons. The molecule has 0 aliphatic rings. The van der Waals surface area contributed by atoms with Crippen molar-refractivity contribution in [3.05, 3.63) is 39.9 Å². The Morgan fingerprint density at radius 3 is 2.38 bits per heavy atom. The van der Waals surface area contributed by atoms with E-state index in [4.69, 9.17) is 5.11 Å². The third kappa shape index (κ3) is 4.48. The van der Waals surface area contributed by atoms with Crippen LogP contribution in [0.15, 0.2) is 24.3 Å². The molecule has 7 nitrogen and oxygen atoms in total. The Labute approximate surface area is 120 Å². The minimum Gasteiger partial charge on any atom is -0.481 e. The average Bonchev–Trinajstić information content (AvgIpc) is 2.38. The van der Waals surface area contributed by atoms with Crippen molar-refractivity contribution >= 4 is 23.2 Å². The number of hydrogen-bond donors (Lipinski definition) is 1. The number of rotatable bonds is 8. The fourth-order valence-corrected chi connectivity index (χ4v) is 2.06. The first-order valence-corrected chi connectivity index (χ1v) is 6.36. The molecule has 0 aliphatic carbocycles. The number of nitrogens with zero attached hydrogens (tertiary/aromatic N) is 1. The van der Waals surface area contributed by atoms with E-state index in [9.17, 15) is 24.5 Å². The molecule has 0 amide bonds. The monoisotopic (exact) mass is 293 g/mol. The molecule has 0 aromatic heterocycles. The molecule has 0 bridgehead atoms. The van der Waals surface area contributed by atoms with E-state index >= 15 is 0 Å². The van der Waals surface area contributed by atoms with E-state index < -0.39 is 34.8 Å². The van der Waals surface area contributed by atoms with Crippen molar-refractivity contribution in [2.24, 2.45) is 5.92 Å². The molecular formula is C14H15NO6. The van der Waals surface area contributed by atoms with Crippen LogP contribution in [0, 0.1) is 16.0 Å². The maximum Gasteiger partial charge on any atom is 0.310 e. The van der Waals surface area contributed by atoms with Crippen molar-refractivity contribution in [1.29, 1.82) is 0 Å². The number of benzene rings is 1. The maximum atomic E-state index is 12.1. The average molecular weight is 293 g/mol. The lowest BCUT2D eigenvalue weighted by atomic mass is 9.90. The van der Waals surface area contributed by atoms with Gasteiger partial charge in [-0.05, 0) is 6.42 Å². The van der Waals surface area contributed by atoms with Crippen LogP contribution in [0.3, 0.4) is 0 Å². The number of carboxylic acids is 1. The number of nitro benzene ring substituents is 1. The number of carbonyl (C=O) groups is 3. The molecule has 1 rings (SSSR count). The first kappa shape index (κ1) is 16.5. The number of aliphatic carboxylic acids is 1. The Bertz CT molecular complexity index is 581. The number of ketones is 2. The van der Waals surface area contributed by atoms with Crippen LogP contribution in [0.2, 0.25) is 0 Å². The smallest absolute Gasteiger partial charge is 0.310 e. The van der Waals surface area contributed by atoms with Crippen LogP contribution >= 0.6 is 0 Å². The molecule has 0 aliphatic heterocycles. The highest BCUT2D eigenvalue weighted by molar-refractivity contribution is 6.08. The van der Waals surface area contributed by atoms with E-state index in [0.29, 0.717) is 0 Å². The SMILES string of the molecule is CCC(C(=O)CC(=O)O)C(=O)Cc1ccccc1[N+](=O)[O-]. The predicted octanol–water partition coefficient (Wildman–Crippen LogP) is 1.78. The highest BCUT2D eigenvalue weighted by Gasteiger charge is 2.27. The van der Waals surface area contributed by atoms with Gasteiger partial charge in [0.05, 0.1) is 10.8 Å². The highest BCUT2D eigenvalue weighted by Crippen LogP contribution is 2.21. The molecule has 1 aromatic carbocycles. The lowest BCUT2D eigenvalue weighted by molar-refractivity contribution is -0.385. The summed E-state index contributed by atoms with van der Waals surface area (Å²) in [6.07, 6.45) is -0.812. The predicted molar refractivity (Wildman–Crippen MR) is 72.8 cm³/mol. The van der Waals surface area contributed by atoms with Crippen LogP contribution in [-0.4, -0.2) is 27.6 Å². The summed E-state index contributed by atoms with van der Waals surface area (Å²) in [7, 11) is 0. The van der Waals surface area contributed by atoms with Gasteiger partial charge in [-0.25, -0.2) is 0 Å². The summed E-state index contributed by atoms with van der Waals surface area (Å²) < 4.78 is 0. The summed E-state index contributed by atoms with van der Waals surface area (Å²) in [4.78, 5) is 44.6. The lowest BCUT2D eigenvalue weighted by Crippen LogP contribution is -2.27. The fraction of sp³-hybridized carbons (Fsp3) is 0.357. The van der Waals surface area contributed by atoms with Crippen molar-refractivity contribution in [3.8, 4) is 0 Å². The van der Waals surface area contributed by atoms with E-state index in [1.165, 1.54) is 18.2 Å². The Morgan fingerprint density at radius 2 is 1.86 bits per heavy atom. The largest absolute Gasteiger partial charge is 0.481 e. The number of hydrogen-bond acceptors (Lipinski definition) is 5. The van der Waals surface area contributed by atoms with Crippen LogP contribution in [0.4, 0.5) is 5.69 Å². The second-order valence-corrected chi connectivity index (χ2v) is 4.53. The van der Waals surface area contributed by atoms with Crippen LogP contribution < -0.4 is 0 Å². The van der Waals surface area contributed by atoms with E-state index in [0.717, 1.165) is 0 Å². The molecule has 0 saturated heterocycles. The Balaban J connectivity index is 2.91. The summed E-state index contributed by atoms with van der Waals surface area (Å²) >= 11 is 0. The molecule has 1 atom stereocenters. The summed E-state index contributed by atoms with van der Waals surface area (Å²) in [6, 6.07) is 5.78. The van der Waals surface area contributed by atoms with Gasteiger partial charge < -0.3 is 5.11 Å². The van der Waals surface area contributed by atoms with Gasteiger partial charge in [0.15, 0.2) is 5.78 Å². The van der Waals surface area contributed by atoms with Gasteiger partial charge in [0.25, 0.3) is 5.69 Å². The topological polar surface area (TPSA) is 115 Å². The molecule has 1 N–H and O–H groups in total. The summed E-state index contributed by atoms with van der Waals surface area (Å²) in [6.45, 7) is 1.60. The number of para-hydroxylation sites is 1. The Morgan fingerprint density at radius 1 is 1.24 bits per heavy atom. The molecule has 7 heteroatoms. The van der Waals surface area contributed by atoms with Gasteiger partial charge in [0.2, 0.25) is 0 Å². The van der Waals surface area contributed by atoms with E-state index in [-0.39, 0.29) is 24.1 Å². The molecule has 1 aromatic rings. The first-order chi connectivity index (χ1) is 9.86. The highest BCUT2D eigenvalue weighted by atomic mass is 16.6. The maximum absolute atomic E-state index is 12.1. The molecule has 0 saturated carbocycles. The number of carboxylic acid groups (broad SMARTS) is 1. The number of Topliss-reactive ketones (excluding diaryl/α,β-unsaturated/α-hetero) is 2. The number of nitro groups is 1. The van der Waals surface area contributed by atoms with Crippen LogP contribution in [0.5, 0.6) is 0 Å².